The van der Waals surface area contributed by atoms with Crippen molar-refractivity contribution in [1.29, 1.82) is 0 Å². The molecule has 20 heavy (non-hydrogen) atoms. The van der Waals surface area contributed by atoms with Gasteiger partial charge in [0.25, 0.3) is 5.69 Å². The molecule has 0 unspecified atom stereocenters. The van der Waals surface area contributed by atoms with Gasteiger partial charge in [0.2, 0.25) is 10.0 Å². The van der Waals surface area contributed by atoms with E-state index in [9.17, 15) is 18.5 Å². The Hall–Kier alpha value is -1.22. The average molecular weight is 323 g/mol. The minimum absolute atomic E-state index is 0.0743. The SMILES string of the molecule is CC(C)(CCO)NS(=O)(=O)c1ccc(Cl)cc1[N+](=O)[O-]. The lowest BCUT2D eigenvalue weighted by atomic mass is 10.0. The Labute approximate surface area is 121 Å². The highest BCUT2D eigenvalue weighted by atomic mass is 35.5. The lowest BCUT2D eigenvalue weighted by Crippen LogP contribution is -2.44. The maximum atomic E-state index is 12.2. The van der Waals surface area contributed by atoms with Crippen LogP contribution >= 0.6 is 11.6 Å². The number of nitro groups is 1. The van der Waals surface area contributed by atoms with Crippen molar-refractivity contribution in [2.24, 2.45) is 0 Å². The first-order valence-electron chi connectivity index (χ1n) is 5.68. The number of benzene rings is 1. The Morgan fingerprint density at radius 3 is 2.55 bits per heavy atom. The largest absolute Gasteiger partial charge is 0.396 e. The van der Waals surface area contributed by atoms with E-state index in [4.69, 9.17) is 16.7 Å². The Morgan fingerprint density at radius 2 is 2.05 bits per heavy atom. The summed E-state index contributed by atoms with van der Waals surface area (Å²) in [7, 11) is -4.09. The van der Waals surface area contributed by atoms with Crippen LogP contribution in [0.4, 0.5) is 5.69 Å². The molecule has 0 saturated carbocycles. The van der Waals surface area contributed by atoms with Gasteiger partial charge >= 0.3 is 0 Å². The fourth-order valence-electron chi connectivity index (χ4n) is 1.61. The summed E-state index contributed by atoms with van der Waals surface area (Å²) in [4.78, 5) is 9.66. The summed E-state index contributed by atoms with van der Waals surface area (Å²) in [6.07, 6.45) is 0.174. The molecule has 0 amide bonds. The van der Waals surface area contributed by atoms with E-state index < -0.39 is 31.1 Å². The molecule has 1 aromatic rings. The van der Waals surface area contributed by atoms with E-state index in [1.165, 1.54) is 6.07 Å². The second-order valence-corrected chi connectivity index (χ2v) is 6.92. The zero-order valence-electron chi connectivity index (χ0n) is 11.0. The van der Waals surface area contributed by atoms with E-state index in [2.05, 4.69) is 4.72 Å². The molecule has 0 fully saturated rings. The smallest absolute Gasteiger partial charge is 0.290 e. The molecule has 0 bridgehead atoms. The summed E-state index contributed by atoms with van der Waals surface area (Å²) in [6, 6.07) is 3.33. The molecule has 0 heterocycles. The molecule has 9 heteroatoms. The highest BCUT2D eigenvalue weighted by molar-refractivity contribution is 7.89. The van der Waals surface area contributed by atoms with Crippen molar-refractivity contribution in [3.05, 3.63) is 33.3 Å². The van der Waals surface area contributed by atoms with Gasteiger partial charge in [0, 0.05) is 23.2 Å². The topological polar surface area (TPSA) is 110 Å². The van der Waals surface area contributed by atoms with Crippen LogP contribution in [-0.4, -0.2) is 30.6 Å². The Balaban J connectivity index is 3.26. The lowest BCUT2D eigenvalue weighted by Gasteiger charge is -2.24. The Kier molecular flexibility index (Phi) is 5.09. The molecule has 0 aromatic heterocycles. The number of aliphatic hydroxyl groups excluding tert-OH is 1. The number of hydrogen-bond donors (Lipinski definition) is 2. The second kappa shape index (κ2) is 6.04. The molecule has 7 nitrogen and oxygen atoms in total. The van der Waals surface area contributed by atoms with Crippen LogP contribution in [-0.2, 0) is 10.0 Å². The van der Waals surface area contributed by atoms with Crippen LogP contribution in [0.1, 0.15) is 20.3 Å². The number of halogens is 1. The number of nitrogens with zero attached hydrogens (tertiary/aromatic N) is 1. The number of sulfonamides is 1. The van der Waals surface area contributed by atoms with Crippen LogP contribution in [0.5, 0.6) is 0 Å². The number of aliphatic hydroxyl groups is 1. The van der Waals surface area contributed by atoms with Crippen molar-refractivity contribution in [3.8, 4) is 0 Å². The summed E-state index contributed by atoms with van der Waals surface area (Å²) < 4.78 is 26.8. The molecule has 1 rings (SSSR count). The molecule has 0 aliphatic rings. The van der Waals surface area contributed by atoms with Crippen LogP contribution in [0.15, 0.2) is 23.1 Å². The zero-order valence-corrected chi connectivity index (χ0v) is 12.5. The Morgan fingerprint density at radius 1 is 1.45 bits per heavy atom. The normalized spacial score (nSPS) is 12.4. The first-order chi connectivity index (χ1) is 9.09. The summed E-state index contributed by atoms with van der Waals surface area (Å²) in [5, 5.41) is 19.9. The number of hydrogen-bond acceptors (Lipinski definition) is 5. The molecule has 2 N–H and O–H groups in total. The summed E-state index contributed by atoms with van der Waals surface area (Å²) in [5.41, 5.74) is -1.52. The molecule has 0 saturated heterocycles. The highest BCUT2D eigenvalue weighted by Crippen LogP contribution is 2.28. The molecule has 112 valence electrons. The predicted octanol–water partition coefficient (Wildman–Crippen LogP) is 1.69. The van der Waals surface area contributed by atoms with E-state index in [1.807, 2.05) is 0 Å². The summed E-state index contributed by atoms with van der Waals surface area (Å²) in [6.45, 7) is 2.93. The van der Waals surface area contributed by atoms with Crippen molar-refractivity contribution < 1.29 is 18.4 Å². The van der Waals surface area contributed by atoms with Crippen LogP contribution in [0.2, 0.25) is 5.02 Å². The van der Waals surface area contributed by atoms with E-state index in [-0.39, 0.29) is 18.1 Å². The standard InChI is InChI=1S/C11H15ClN2O5S/c1-11(2,5-6-15)13-20(18,19)10-4-3-8(12)7-9(10)14(16)17/h3-4,7,13,15H,5-6H2,1-2H3. The van der Waals surface area contributed by atoms with Crippen molar-refractivity contribution in [2.45, 2.75) is 30.7 Å². The van der Waals surface area contributed by atoms with E-state index in [1.54, 1.807) is 13.8 Å². The van der Waals surface area contributed by atoms with Gasteiger partial charge in [-0.3, -0.25) is 10.1 Å². The molecule has 1 aromatic carbocycles. The van der Waals surface area contributed by atoms with E-state index in [0.717, 1.165) is 12.1 Å². The van der Waals surface area contributed by atoms with Gasteiger partial charge in [0.1, 0.15) is 0 Å². The van der Waals surface area contributed by atoms with Gasteiger partial charge in [-0.2, -0.15) is 0 Å². The third kappa shape index (κ3) is 4.14. The van der Waals surface area contributed by atoms with Crippen LogP contribution in [0.25, 0.3) is 0 Å². The quantitative estimate of drug-likeness (QED) is 0.611. The molecule has 0 atom stereocenters. The van der Waals surface area contributed by atoms with Crippen molar-refractivity contribution in [3.63, 3.8) is 0 Å². The maximum absolute atomic E-state index is 12.2. The molecular weight excluding hydrogens is 308 g/mol. The van der Waals surface area contributed by atoms with Crippen LogP contribution in [0.3, 0.4) is 0 Å². The van der Waals surface area contributed by atoms with Gasteiger partial charge in [-0.25, -0.2) is 13.1 Å². The first-order valence-corrected chi connectivity index (χ1v) is 7.54. The first kappa shape index (κ1) is 16.8. The Bertz CT molecular complexity index is 615. The zero-order chi connectivity index (χ0) is 15.6. The third-order valence-electron chi connectivity index (χ3n) is 2.55. The predicted molar refractivity (Wildman–Crippen MR) is 74.2 cm³/mol. The van der Waals surface area contributed by atoms with Gasteiger partial charge in [-0.05, 0) is 32.4 Å². The number of nitrogens with one attached hydrogen (secondary N) is 1. The van der Waals surface area contributed by atoms with Gasteiger partial charge in [-0.1, -0.05) is 11.6 Å². The number of nitro benzene ring substituents is 1. The molecule has 0 radical (unpaired) electrons. The minimum atomic E-state index is -4.09. The number of rotatable bonds is 6. The van der Waals surface area contributed by atoms with Crippen LogP contribution < -0.4 is 4.72 Å². The van der Waals surface area contributed by atoms with Crippen LogP contribution in [0, 0.1) is 10.1 Å². The maximum Gasteiger partial charge on any atom is 0.290 e. The highest BCUT2D eigenvalue weighted by Gasteiger charge is 2.31. The minimum Gasteiger partial charge on any atom is -0.396 e. The summed E-state index contributed by atoms with van der Waals surface area (Å²) in [5.74, 6) is 0. The van der Waals surface area contributed by atoms with Crippen molar-refractivity contribution >= 4 is 27.3 Å². The van der Waals surface area contributed by atoms with Gasteiger partial charge in [0.05, 0.1) is 4.92 Å². The average Bonchev–Trinajstić information content (AvgIpc) is 2.26. The van der Waals surface area contributed by atoms with Crippen molar-refractivity contribution in [1.82, 2.24) is 4.72 Å². The monoisotopic (exact) mass is 322 g/mol. The fraction of sp³-hybridized carbons (Fsp3) is 0.455. The van der Waals surface area contributed by atoms with Gasteiger partial charge < -0.3 is 5.11 Å². The summed E-state index contributed by atoms with van der Waals surface area (Å²) >= 11 is 5.64. The van der Waals surface area contributed by atoms with Gasteiger partial charge in [-0.15, -0.1) is 0 Å². The molecular formula is C11H15ClN2O5S. The van der Waals surface area contributed by atoms with E-state index in [0.29, 0.717) is 0 Å². The third-order valence-corrected chi connectivity index (χ3v) is 4.54. The molecule has 0 spiro atoms. The lowest BCUT2D eigenvalue weighted by molar-refractivity contribution is -0.387. The molecule has 0 aliphatic carbocycles. The van der Waals surface area contributed by atoms with E-state index >= 15 is 0 Å². The van der Waals surface area contributed by atoms with Crippen molar-refractivity contribution in [2.75, 3.05) is 6.61 Å². The second-order valence-electron chi connectivity index (χ2n) is 4.83. The van der Waals surface area contributed by atoms with Gasteiger partial charge in [0.15, 0.2) is 4.90 Å². The molecule has 0 aliphatic heterocycles. The fourth-order valence-corrected chi connectivity index (χ4v) is 3.37.